The first-order chi connectivity index (χ1) is 13.1. The Bertz CT molecular complexity index is 1170. The second kappa shape index (κ2) is 7.06. The van der Waals surface area contributed by atoms with Gasteiger partial charge in [0.15, 0.2) is 11.2 Å². The predicted octanol–water partition coefficient (Wildman–Crippen LogP) is 1.69. The van der Waals surface area contributed by atoms with E-state index in [1.54, 1.807) is 28.8 Å². The van der Waals surface area contributed by atoms with E-state index >= 15 is 0 Å². The highest BCUT2D eigenvalue weighted by Gasteiger charge is 2.11. The van der Waals surface area contributed by atoms with Crippen LogP contribution in [-0.4, -0.2) is 31.6 Å². The van der Waals surface area contributed by atoms with Crippen molar-refractivity contribution in [1.82, 2.24) is 24.5 Å². The molecule has 4 rings (SSSR count). The Morgan fingerprint density at radius 1 is 1.30 bits per heavy atom. The summed E-state index contributed by atoms with van der Waals surface area (Å²) in [5, 5.41) is 7.19. The van der Waals surface area contributed by atoms with Crippen LogP contribution in [0, 0.1) is 6.92 Å². The Morgan fingerprint density at radius 2 is 2.15 bits per heavy atom. The van der Waals surface area contributed by atoms with Gasteiger partial charge in [-0.05, 0) is 37.5 Å². The molecule has 0 aliphatic rings. The normalized spacial score (nSPS) is 11.3. The van der Waals surface area contributed by atoms with Gasteiger partial charge in [-0.1, -0.05) is 12.1 Å². The quantitative estimate of drug-likeness (QED) is 0.525. The third-order valence-electron chi connectivity index (χ3n) is 4.33. The molecule has 0 spiro atoms. The van der Waals surface area contributed by atoms with Gasteiger partial charge in [-0.2, -0.15) is 5.10 Å². The molecule has 1 aromatic carbocycles. The maximum absolute atomic E-state index is 12.2. The van der Waals surface area contributed by atoms with Gasteiger partial charge in [0.05, 0.1) is 11.2 Å². The number of nitrogens with zero attached hydrogens (tertiary/aromatic N) is 4. The number of para-hydroxylation sites is 2. The monoisotopic (exact) mass is 365 g/mol. The number of fused-ring (bicyclic) bond motifs is 2. The minimum absolute atomic E-state index is 0.0596. The van der Waals surface area contributed by atoms with Gasteiger partial charge in [0.1, 0.15) is 6.54 Å². The van der Waals surface area contributed by atoms with Gasteiger partial charge < -0.3 is 9.73 Å². The summed E-state index contributed by atoms with van der Waals surface area (Å²) in [5.41, 5.74) is 3.90. The molecular formula is C19H19N5O3. The van der Waals surface area contributed by atoms with Crippen LogP contribution in [0.1, 0.15) is 17.7 Å². The van der Waals surface area contributed by atoms with E-state index in [-0.39, 0.29) is 12.5 Å². The molecule has 0 aliphatic heterocycles. The number of hydrogen-bond donors (Lipinski definition) is 1. The van der Waals surface area contributed by atoms with Gasteiger partial charge in [0.25, 0.3) is 0 Å². The molecule has 3 heterocycles. The number of hydrogen-bond acceptors (Lipinski definition) is 5. The Kier molecular flexibility index (Phi) is 4.45. The molecule has 0 aliphatic carbocycles. The lowest BCUT2D eigenvalue weighted by molar-refractivity contribution is -0.121. The lowest BCUT2D eigenvalue weighted by Gasteiger charge is -2.06. The van der Waals surface area contributed by atoms with E-state index in [0.717, 1.165) is 29.7 Å². The predicted molar refractivity (Wildman–Crippen MR) is 99.5 cm³/mol. The number of carbonyl (C=O) groups excluding carboxylic acids is 1. The van der Waals surface area contributed by atoms with Crippen LogP contribution in [0.5, 0.6) is 0 Å². The summed E-state index contributed by atoms with van der Waals surface area (Å²) in [4.78, 5) is 28.4. The second-order valence-corrected chi connectivity index (χ2v) is 6.43. The van der Waals surface area contributed by atoms with Crippen molar-refractivity contribution in [2.24, 2.45) is 0 Å². The minimum Gasteiger partial charge on any atom is -0.408 e. The summed E-state index contributed by atoms with van der Waals surface area (Å²) in [6.45, 7) is 2.38. The Hall–Kier alpha value is -3.42. The third-order valence-corrected chi connectivity index (χ3v) is 4.33. The van der Waals surface area contributed by atoms with Crippen LogP contribution in [-0.2, 0) is 17.8 Å². The summed E-state index contributed by atoms with van der Waals surface area (Å²) < 4.78 is 8.23. The number of benzene rings is 1. The maximum Gasteiger partial charge on any atom is 0.420 e. The summed E-state index contributed by atoms with van der Waals surface area (Å²) >= 11 is 0. The van der Waals surface area contributed by atoms with Crippen LogP contribution in [0.3, 0.4) is 0 Å². The first kappa shape index (κ1) is 17.0. The standard InChI is InChI=1S/C19H19N5O3/c1-13-9-17-21-10-14(11-24(17)22-13)5-4-8-20-18(25)12-23-15-6-2-3-7-16(15)27-19(23)26/h2-3,6-7,9-11H,4-5,8,12H2,1H3,(H,20,25). The Labute approximate surface area is 154 Å². The van der Waals surface area contributed by atoms with Crippen molar-refractivity contribution in [2.75, 3.05) is 6.54 Å². The summed E-state index contributed by atoms with van der Waals surface area (Å²) in [6, 6.07) is 8.97. The molecule has 0 unspecified atom stereocenters. The van der Waals surface area contributed by atoms with Crippen molar-refractivity contribution in [2.45, 2.75) is 26.3 Å². The van der Waals surface area contributed by atoms with Gasteiger partial charge in [0.2, 0.25) is 5.91 Å². The van der Waals surface area contributed by atoms with Crippen LogP contribution < -0.4 is 11.1 Å². The number of carbonyl (C=O) groups is 1. The molecule has 4 aromatic rings. The van der Waals surface area contributed by atoms with E-state index in [1.807, 2.05) is 25.4 Å². The average molecular weight is 365 g/mol. The van der Waals surface area contributed by atoms with Crippen LogP contribution >= 0.6 is 0 Å². The Morgan fingerprint density at radius 3 is 3.04 bits per heavy atom. The van der Waals surface area contributed by atoms with Gasteiger partial charge in [-0.15, -0.1) is 0 Å². The molecule has 8 heteroatoms. The molecule has 0 radical (unpaired) electrons. The van der Waals surface area contributed by atoms with E-state index in [1.165, 1.54) is 4.57 Å². The molecule has 0 saturated heterocycles. The lowest BCUT2D eigenvalue weighted by atomic mass is 10.2. The van der Waals surface area contributed by atoms with Crippen molar-refractivity contribution in [3.63, 3.8) is 0 Å². The van der Waals surface area contributed by atoms with E-state index < -0.39 is 5.76 Å². The number of oxazole rings is 1. The van der Waals surface area contributed by atoms with Crippen molar-refractivity contribution in [1.29, 1.82) is 0 Å². The highest BCUT2D eigenvalue weighted by molar-refractivity contribution is 5.79. The average Bonchev–Trinajstić information content (AvgIpc) is 3.17. The third kappa shape index (κ3) is 3.59. The van der Waals surface area contributed by atoms with Crippen LogP contribution in [0.4, 0.5) is 0 Å². The number of nitrogens with one attached hydrogen (secondary N) is 1. The SMILES string of the molecule is Cc1cc2ncc(CCCNC(=O)Cn3c(=O)oc4ccccc43)cn2n1. The zero-order valence-electron chi connectivity index (χ0n) is 14.9. The van der Waals surface area contributed by atoms with E-state index in [0.29, 0.717) is 17.6 Å². The fourth-order valence-electron chi connectivity index (χ4n) is 3.05. The summed E-state index contributed by atoms with van der Waals surface area (Å²) in [5.74, 6) is -0.750. The van der Waals surface area contributed by atoms with Gasteiger partial charge in [-0.3, -0.25) is 9.36 Å². The van der Waals surface area contributed by atoms with Crippen molar-refractivity contribution in [3.05, 3.63) is 64.5 Å². The molecule has 138 valence electrons. The topological polar surface area (TPSA) is 94.4 Å². The van der Waals surface area contributed by atoms with Gasteiger partial charge in [-0.25, -0.2) is 14.3 Å². The highest BCUT2D eigenvalue weighted by atomic mass is 16.4. The molecule has 1 N–H and O–H groups in total. The molecule has 0 fully saturated rings. The molecule has 1 amide bonds. The first-order valence-electron chi connectivity index (χ1n) is 8.76. The van der Waals surface area contributed by atoms with Gasteiger partial charge >= 0.3 is 5.76 Å². The van der Waals surface area contributed by atoms with E-state index in [4.69, 9.17) is 4.42 Å². The molecule has 3 aromatic heterocycles. The fourth-order valence-corrected chi connectivity index (χ4v) is 3.05. The largest absolute Gasteiger partial charge is 0.420 e. The molecule has 0 saturated carbocycles. The van der Waals surface area contributed by atoms with Crippen LogP contribution in [0.15, 0.2) is 51.9 Å². The second-order valence-electron chi connectivity index (χ2n) is 6.43. The minimum atomic E-state index is -0.528. The molecule has 0 bridgehead atoms. The van der Waals surface area contributed by atoms with Crippen molar-refractivity contribution in [3.8, 4) is 0 Å². The van der Waals surface area contributed by atoms with Crippen LogP contribution in [0.2, 0.25) is 0 Å². The first-order valence-corrected chi connectivity index (χ1v) is 8.76. The highest BCUT2D eigenvalue weighted by Crippen LogP contribution is 2.11. The molecule has 8 nitrogen and oxygen atoms in total. The Balaban J connectivity index is 1.31. The lowest BCUT2D eigenvalue weighted by Crippen LogP contribution is -2.31. The molecule has 0 atom stereocenters. The van der Waals surface area contributed by atoms with Crippen molar-refractivity contribution < 1.29 is 9.21 Å². The number of aromatic nitrogens is 4. The van der Waals surface area contributed by atoms with Crippen LogP contribution in [0.25, 0.3) is 16.7 Å². The van der Waals surface area contributed by atoms with Gasteiger partial charge in [0, 0.05) is 25.0 Å². The van der Waals surface area contributed by atoms with E-state index in [2.05, 4.69) is 15.4 Å². The van der Waals surface area contributed by atoms with E-state index in [9.17, 15) is 9.59 Å². The molecule has 27 heavy (non-hydrogen) atoms. The van der Waals surface area contributed by atoms with Crippen molar-refractivity contribution >= 4 is 22.7 Å². The number of aryl methyl sites for hydroxylation is 2. The maximum atomic E-state index is 12.2. The smallest absolute Gasteiger partial charge is 0.408 e. The summed E-state index contributed by atoms with van der Waals surface area (Å²) in [7, 11) is 0. The number of amides is 1. The molecular weight excluding hydrogens is 346 g/mol. The zero-order valence-corrected chi connectivity index (χ0v) is 14.9. The zero-order chi connectivity index (χ0) is 18.8. The number of rotatable bonds is 6. The fraction of sp³-hybridized carbons (Fsp3) is 0.263. The summed E-state index contributed by atoms with van der Waals surface area (Å²) in [6.07, 6.45) is 5.32.